The summed E-state index contributed by atoms with van der Waals surface area (Å²) in [5, 5.41) is 3.69. The van der Waals surface area contributed by atoms with Gasteiger partial charge in [-0.1, -0.05) is 20.8 Å². The van der Waals surface area contributed by atoms with Crippen LogP contribution < -0.4 is 5.32 Å². The van der Waals surface area contributed by atoms with Crippen LogP contribution in [0.4, 0.5) is 0 Å². The van der Waals surface area contributed by atoms with Crippen molar-refractivity contribution >= 4 is 0 Å². The van der Waals surface area contributed by atoms with Crippen molar-refractivity contribution in [3.8, 4) is 0 Å². The van der Waals surface area contributed by atoms with Gasteiger partial charge < -0.3 is 10.1 Å². The summed E-state index contributed by atoms with van der Waals surface area (Å²) in [4.78, 5) is 2.56. The highest BCUT2D eigenvalue weighted by molar-refractivity contribution is 4.97. The van der Waals surface area contributed by atoms with E-state index >= 15 is 0 Å². The minimum absolute atomic E-state index is 0.217. The molecule has 2 unspecified atom stereocenters. The van der Waals surface area contributed by atoms with Crippen LogP contribution in [0.5, 0.6) is 0 Å². The molecule has 1 aliphatic heterocycles. The first-order valence-electron chi connectivity index (χ1n) is 6.68. The number of hydrogen-bond donors (Lipinski definition) is 1. The number of nitrogens with zero attached hydrogens (tertiary/aromatic N) is 1. The molecule has 1 saturated heterocycles. The van der Waals surface area contributed by atoms with E-state index in [0.717, 1.165) is 19.6 Å². The molecule has 102 valence electrons. The van der Waals surface area contributed by atoms with E-state index in [2.05, 4.69) is 51.8 Å². The van der Waals surface area contributed by atoms with Crippen molar-refractivity contribution in [3.05, 3.63) is 0 Å². The first kappa shape index (κ1) is 14.9. The Balaban J connectivity index is 2.69. The molecule has 1 fully saturated rings. The molecule has 0 aromatic rings. The molecule has 1 aliphatic rings. The van der Waals surface area contributed by atoms with Gasteiger partial charge in [0.05, 0.1) is 6.10 Å². The fourth-order valence-electron chi connectivity index (χ4n) is 2.30. The predicted octanol–water partition coefficient (Wildman–Crippen LogP) is 2.12. The Kier molecular flexibility index (Phi) is 4.61. The molecule has 0 aliphatic carbocycles. The largest absolute Gasteiger partial charge is 0.380 e. The standard InChI is InChI=1S/C14H30N2O/c1-11(17-7)8-16-9-12(13(2,3)4)15-10-14(16,5)6/h11-12,15H,8-10H2,1-7H3. The summed E-state index contributed by atoms with van der Waals surface area (Å²) in [6.07, 6.45) is 0.299. The lowest BCUT2D eigenvalue weighted by Gasteiger charge is -2.50. The molecule has 0 radical (unpaired) electrons. The third kappa shape index (κ3) is 3.94. The first-order valence-corrected chi connectivity index (χ1v) is 6.68. The van der Waals surface area contributed by atoms with Crippen LogP contribution in [0.15, 0.2) is 0 Å². The Hall–Kier alpha value is -0.120. The highest BCUT2D eigenvalue weighted by Gasteiger charge is 2.38. The molecule has 0 spiro atoms. The lowest BCUT2D eigenvalue weighted by atomic mass is 9.82. The molecule has 2 atom stereocenters. The summed E-state index contributed by atoms with van der Waals surface area (Å²) < 4.78 is 5.41. The van der Waals surface area contributed by atoms with Gasteiger partial charge in [0.1, 0.15) is 0 Å². The van der Waals surface area contributed by atoms with Gasteiger partial charge in [0.25, 0.3) is 0 Å². The smallest absolute Gasteiger partial charge is 0.0670 e. The molecular weight excluding hydrogens is 212 g/mol. The van der Waals surface area contributed by atoms with E-state index in [9.17, 15) is 0 Å². The van der Waals surface area contributed by atoms with Crippen molar-refractivity contribution in [2.24, 2.45) is 5.41 Å². The molecule has 3 nitrogen and oxygen atoms in total. The average Bonchev–Trinajstić information content (AvgIpc) is 2.19. The topological polar surface area (TPSA) is 24.5 Å². The van der Waals surface area contributed by atoms with Gasteiger partial charge in [0.2, 0.25) is 0 Å². The Bertz CT molecular complexity index is 245. The maximum Gasteiger partial charge on any atom is 0.0670 e. The quantitative estimate of drug-likeness (QED) is 0.820. The lowest BCUT2D eigenvalue weighted by molar-refractivity contribution is -0.00678. The van der Waals surface area contributed by atoms with Crippen molar-refractivity contribution in [2.75, 3.05) is 26.7 Å². The molecule has 0 saturated carbocycles. The summed E-state index contributed by atoms with van der Waals surface area (Å²) >= 11 is 0. The Morgan fingerprint density at radius 2 is 2.00 bits per heavy atom. The minimum atomic E-state index is 0.217. The van der Waals surface area contributed by atoms with Crippen LogP contribution in [0.2, 0.25) is 0 Å². The third-order valence-electron chi connectivity index (χ3n) is 3.97. The zero-order valence-electron chi connectivity index (χ0n) is 12.6. The fraction of sp³-hybridized carbons (Fsp3) is 1.00. The average molecular weight is 242 g/mol. The maximum absolute atomic E-state index is 5.41. The molecule has 1 N–H and O–H groups in total. The van der Waals surface area contributed by atoms with Gasteiger partial charge in [0.15, 0.2) is 0 Å². The van der Waals surface area contributed by atoms with Crippen LogP contribution >= 0.6 is 0 Å². The number of rotatable bonds is 3. The highest BCUT2D eigenvalue weighted by atomic mass is 16.5. The molecule has 0 aromatic carbocycles. The maximum atomic E-state index is 5.41. The normalized spacial score (nSPS) is 28.1. The van der Waals surface area contributed by atoms with Crippen molar-refractivity contribution in [3.63, 3.8) is 0 Å². The van der Waals surface area contributed by atoms with E-state index in [-0.39, 0.29) is 5.54 Å². The third-order valence-corrected chi connectivity index (χ3v) is 3.97. The van der Waals surface area contributed by atoms with Gasteiger partial charge in [-0.2, -0.15) is 0 Å². The Morgan fingerprint density at radius 3 is 2.47 bits per heavy atom. The second-order valence-corrected chi connectivity index (χ2v) is 7.06. The van der Waals surface area contributed by atoms with Crippen LogP contribution in [0.1, 0.15) is 41.5 Å². The van der Waals surface area contributed by atoms with E-state index < -0.39 is 0 Å². The first-order chi connectivity index (χ1) is 7.66. The highest BCUT2D eigenvalue weighted by Crippen LogP contribution is 2.27. The number of hydrogen-bond acceptors (Lipinski definition) is 3. The number of piperazine rings is 1. The lowest BCUT2D eigenvalue weighted by Crippen LogP contribution is -2.65. The van der Waals surface area contributed by atoms with Crippen LogP contribution in [-0.4, -0.2) is 49.3 Å². The van der Waals surface area contributed by atoms with E-state index in [0.29, 0.717) is 17.6 Å². The number of nitrogens with one attached hydrogen (secondary N) is 1. The second-order valence-electron chi connectivity index (χ2n) is 7.06. The summed E-state index contributed by atoms with van der Waals surface area (Å²) in [5.41, 5.74) is 0.527. The van der Waals surface area contributed by atoms with Gasteiger partial charge in [0, 0.05) is 38.3 Å². The van der Waals surface area contributed by atoms with Gasteiger partial charge in [-0.25, -0.2) is 0 Å². The van der Waals surface area contributed by atoms with Gasteiger partial charge >= 0.3 is 0 Å². The van der Waals surface area contributed by atoms with E-state index in [4.69, 9.17) is 4.74 Å². The molecule has 1 rings (SSSR count). The predicted molar refractivity (Wildman–Crippen MR) is 73.4 cm³/mol. The zero-order valence-corrected chi connectivity index (χ0v) is 12.6. The SMILES string of the molecule is COC(C)CN1CC(C(C)(C)C)NCC1(C)C. The van der Waals surface area contributed by atoms with Gasteiger partial charge in [-0.3, -0.25) is 4.90 Å². The van der Waals surface area contributed by atoms with Crippen LogP contribution in [-0.2, 0) is 4.74 Å². The minimum Gasteiger partial charge on any atom is -0.380 e. The summed E-state index contributed by atoms with van der Waals surface area (Å²) in [6.45, 7) is 16.8. The molecule has 0 bridgehead atoms. The van der Waals surface area contributed by atoms with E-state index in [1.807, 2.05) is 0 Å². The van der Waals surface area contributed by atoms with E-state index in [1.54, 1.807) is 7.11 Å². The Morgan fingerprint density at radius 1 is 1.41 bits per heavy atom. The molecule has 1 heterocycles. The molecular formula is C14H30N2O. The number of methoxy groups -OCH3 is 1. The van der Waals surface area contributed by atoms with Crippen LogP contribution in [0, 0.1) is 5.41 Å². The number of ether oxygens (including phenoxy) is 1. The van der Waals surface area contributed by atoms with Crippen molar-refractivity contribution in [1.82, 2.24) is 10.2 Å². The summed E-state index contributed by atoms with van der Waals surface area (Å²) in [7, 11) is 1.79. The van der Waals surface area contributed by atoms with E-state index in [1.165, 1.54) is 0 Å². The van der Waals surface area contributed by atoms with Crippen LogP contribution in [0.3, 0.4) is 0 Å². The molecule has 17 heavy (non-hydrogen) atoms. The van der Waals surface area contributed by atoms with Crippen LogP contribution in [0.25, 0.3) is 0 Å². The summed E-state index contributed by atoms with van der Waals surface area (Å²) in [6, 6.07) is 0.555. The summed E-state index contributed by atoms with van der Waals surface area (Å²) in [5.74, 6) is 0. The second kappa shape index (κ2) is 5.25. The van der Waals surface area contributed by atoms with Gasteiger partial charge in [-0.15, -0.1) is 0 Å². The molecule has 0 amide bonds. The van der Waals surface area contributed by atoms with Crippen molar-refractivity contribution < 1.29 is 4.74 Å². The van der Waals surface area contributed by atoms with Gasteiger partial charge in [-0.05, 0) is 26.2 Å². The Labute approximate surface area is 107 Å². The van der Waals surface area contributed by atoms with Crippen molar-refractivity contribution in [1.29, 1.82) is 0 Å². The zero-order chi connectivity index (χ0) is 13.3. The molecule has 0 aromatic heterocycles. The monoisotopic (exact) mass is 242 g/mol. The molecule has 3 heteroatoms. The van der Waals surface area contributed by atoms with Crippen molar-refractivity contribution in [2.45, 2.75) is 59.2 Å². The fourth-order valence-corrected chi connectivity index (χ4v) is 2.30.